The molecular formula is C23H23F3N2O5. The van der Waals surface area contributed by atoms with E-state index in [1.54, 1.807) is 5.32 Å². The molecule has 2 aromatic carbocycles. The zero-order chi connectivity index (χ0) is 24.2. The summed E-state index contributed by atoms with van der Waals surface area (Å²) in [7, 11) is 0. The maximum atomic E-state index is 13.4. The van der Waals surface area contributed by atoms with Gasteiger partial charge in [0.25, 0.3) is 5.91 Å². The van der Waals surface area contributed by atoms with Gasteiger partial charge in [0.2, 0.25) is 6.04 Å². The van der Waals surface area contributed by atoms with Gasteiger partial charge >= 0.3 is 18.2 Å². The summed E-state index contributed by atoms with van der Waals surface area (Å²) in [6, 6.07) is 11.3. The lowest BCUT2D eigenvalue weighted by Gasteiger charge is -2.23. The standard InChI is InChI=1S/C23H23F3N2O5/c1-13(10-11-19(29)30)27-21(31)20(23(24,25)26)28-22(32)33-12-18-16-8-4-2-6-14(16)15-7-3-5-9-17(15)18/h2-9,13,18,20H,10-12H2,1H3,(H,27,31)(H,28,32)(H,29,30). The van der Waals surface area contributed by atoms with E-state index in [0.29, 0.717) is 0 Å². The summed E-state index contributed by atoms with van der Waals surface area (Å²) in [6.07, 6.45) is -6.83. The normalized spacial score (nSPS) is 14.5. The lowest BCUT2D eigenvalue weighted by molar-refractivity contribution is -0.168. The number of nitrogens with one attached hydrogen (secondary N) is 2. The molecule has 3 rings (SSSR count). The highest BCUT2D eigenvalue weighted by Gasteiger charge is 2.46. The number of benzene rings is 2. The second-order valence-corrected chi connectivity index (χ2v) is 7.79. The van der Waals surface area contributed by atoms with Crippen LogP contribution in [0, 0.1) is 0 Å². The number of carbonyl (C=O) groups excluding carboxylic acids is 2. The number of alkyl carbamates (subject to hydrolysis) is 1. The van der Waals surface area contributed by atoms with Crippen molar-refractivity contribution in [3.63, 3.8) is 0 Å². The largest absolute Gasteiger partial charge is 0.481 e. The molecule has 2 aromatic rings. The fourth-order valence-electron chi connectivity index (χ4n) is 3.79. The first-order chi connectivity index (χ1) is 15.6. The summed E-state index contributed by atoms with van der Waals surface area (Å²) in [5, 5.41) is 12.3. The van der Waals surface area contributed by atoms with Crippen molar-refractivity contribution < 1.29 is 37.4 Å². The first kappa shape index (κ1) is 24.1. The quantitative estimate of drug-likeness (QED) is 0.551. The van der Waals surface area contributed by atoms with E-state index in [9.17, 15) is 27.6 Å². The molecule has 0 saturated heterocycles. The second-order valence-electron chi connectivity index (χ2n) is 7.79. The molecule has 0 heterocycles. The molecule has 10 heteroatoms. The third-order valence-corrected chi connectivity index (χ3v) is 5.38. The smallest absolute Gasteiger partial charge is 0.417 e. The number of aliphatic carboxylic acids is 1. The van der Waals surface area contributed by atoms with Gasteiger partial charge in [0.05, 0.1) is 0 Å². The van der Waals surface area contributed by atoms with Crippen LogP contribution in [-0.4, -0.2) is 47.9 Å². The Bertz CT molecular complexity index is 995. The van der Waals surface area contributed by atoms with Crippen LogP contribution in [0.1, 0.15) is 36.8 Å². The minimum absolute atomic E-state index is 0.0589. The van der Waals surface area contributed by atoms with Crippen molar-refractivity contribution in [1.82, 2.24) is 10.6 Å². The Hall–Kier alpha value is -3.56. The molecule has 0 bridgehead atoms. The first-order valence-electron chi connectivity index (χ1n) is 10.3. The van der Waals surface area contributed by atoms with E-state index in [4.69, 9.17) is 9.84 Å². The molecule has 3 N–H and O–H groups in total. The molecule has 0 aliphatic heterocycles. The SMILES string of the molecule is CC(CCC(=O)O)NC(=O)C(NC(=O)OCC1c2ccccc2-c2ccccc21)C(F)(F)F. The molecule has 176 valence electrons. The third-order valence-electron chi connectivity index (χ3n) is 5.38. The first-order valence-corrected chi connectivity index (χ1v) is 10.3. The second kappa shape index (κ2) is 9.93. The van der Waals surface area contributed by atoms with Crippen molar-refractivity contribution in [2.45, 2.75) is 43.9 Å². The van der Waals surface area contributed by atoms with E-state index in [2.05, 4.69) is 5.32 Å². The maximum Gasteiger partial charge on any atom is 0.417 e. The van der Waals surface area contributed by atoms with Crippen LogP contribution in [0.4, 0.5) is 18.0 Å². The number of halogens is 3. The number of carboxylic acid groups (broad SMARTS) is 1. The number of amides is 2. The van der Waals surface area contributed by atoms with Crippen LogP contribution >= 0.6 is 0 Å². The molecule has 1 aliphatic rings. The number of rotatable bonds is 8. The maximum absolute atomic E-state index is 13.4. The molecule has 33 heavy (non-hydrogen) atoms. The van der Waals surface area contributed by atoms with E-state index in [1.807, 2.05) is 48.5 Å². The Kier molecular flexibility index (Phi) is 7.25. The molecule has 2 amide bonds. The fourth-order valence-corrected chi connectivity index (χ4v) is 3.79. The molecule has 2 atom stereocenters. The third kappa shape index (κ3) is 5.82. The Labute approximate surface area is 187 Å². The molecule has 0 radical (unpaired) electrons. The zero-order valence-electron chi connectivity index (χ0n) is 17.7. The van der Waals surface area contributed by atoms with Crippen LogP contribution in [0.15, 0.2) is 48.5 Å². The van der Waals surface area contributed by atoms with Gasteiger partial charge in [0.1, 0.15) is 6.61 Å². The number of fused-ring (bicyclic) bond motifs is 3. The van der Waals surface area contributed by atoms with Crippen LogP contribution in [0.5, 0.6) is 0 Å². The molecule has 0 aromatic heterocycles. The van der Waals surface area contributed by atoms with Gasteiger partial charge < -0.3 is 20.5 Å². The van der Waals surface area contributed by atoms with Gasteiger partial charge in [-0.05, 0) is 35.6 Å². The molecule has 0 fully saturated rings. The Morgan fingerprint density at radius 2 is 1.55 bits per heavy atom. The highest BCUT2D eigenvalue weighted by molar-refractivity contribution is 5.86. The molecular weight excluding hydrogens is 441 g/mol. The summed E-state index contributed by atoms with van der Waals surface area (Å²) in [5.41, 5.74) is 3.71. The molecule has 7 nitrogen and oxygen atoms in total. The van der Waals surface area contributed by atoms with E-state index in [-0.39, 0.29) is 25.4 Å². The number of carboxylic acids is 1. The topological polar surface area (TPSA) is 105 Å². The van der Waals surface area contributed by atoms with E-state index in [0.717, 1.165) is 22.3 Å². The van der Waals surface area contributed by atoms with Crippen molar-refractivity contribution in [3.8, 4) is 11.1 Å². The van der Waals surface area contributed by atoms with Crippen molar-refractivity contribution in [1.29, 1.82) is 0 Å². The van der Waals surface area contributed by atoms with Gasteiger partial charge in [0.15, 0.2) is 0 Å². The van der Waals surface area contributed by atoms with Crippen LogP contribution in [-0.2, 0) is 14.3 Å². The van der Waals surface area contributed by atoms with Gasteiger partial charge in [-0.25, -0.2) is 4.79 Å². The molecule has 2 unspecified atom stereocenters. The zero-order valence-corrected chi connectivity index (χ0v) is 17.7. The van der Waals surface area contributed by atoms with Crippen molar-refractivity contribution in [3.05, 3.63) is 59.7 Å². The minimum Gasteiger partial charge on any atom is -0.481 e. The number of hydrogen-bond donors (Lipinski definition) is 3. The number of hydrogen-bond acceptors (Lipinski definition) is 4. The van der Waals surface area contributed by atoms with Gasteiger partial charge in [-0.3, -0.25) is 9.59 Å². The number of ether oxygens (including phenoxy) is 1. The summed E-state index contributed by atoms with van der Waals surface area (Å²) >= 11 is 0. The average molecular weight is 464 g/mol. The Morgan fingerprint density at radius 1 is 1.00 bits per heavy atom. The van der Waals surface area contributed by atoms with Gasteiger partial charge in [0, 0.05) is 18.4 Å². The molecule has 0 spiro atoms. The monoisotopic (exact) mass is 464 g/mol. The summed E-state index contributed by atoms with van der Waals surface area (Å²) < 4.78 is 45.3. The van der Waals surface area contributed by atoms with Gasteiger partial charge in [-0.2, -0.15) is 13.2 Å². The number of carbonyl (C=O) groups is 3. The lowest BCUT2D eigenvalue weighted by Crippen LogP contribution is -2.56. The predicted molar refractivity (Wildman–Crippen MR) is 113 cm³/mol. The van der Waals surface area contributed by atoms with Crippen LogP contribution < -0.4 is 10.6 Å². The van der Waals surface area contributed by atoms with Crippen LogP contribution in [0.25, 0.3) is 11.1 Å². The highest BCUT2D eigenvalue weighted by Crippen LogP contribution is 2.44. The molecule has 1 aliphatic carbocycles. The lowest BCUT2D eigenvalue weighted by atomic mass is 9.98. The van der Waals surface area contributed by atoms with Crippen molar-refractivity contribution in [2.24, 2.45) is 0 Å². The van der Waals surface area contributed by atoms with E-state index >= 15 is 0 Å². The van der Waals surface area contributed by atoms with Gasteiger partial charge in [-0.1, -0.05) is 48.5 Å². The summed E-state index contributed by atoms with van der Waals surface area (Å²) in [6.45, 7) is 1.17. The average Bonchev–Trinajstić information content (AvgIpc) is 3.07. The van der Waals surface area contributed by atoms with Crippen molar-refractivity contribution in [2.75, 3.05) is 6.61 Å². The minimum atomic E-state index is -5.07. The Balaban J connectivity index is 1.64. The summed E-state index contributed by atoms with van der Waals surface area (Å²) in [4.78, 5) is 34.9. The van der Waals surface area contributed by atoms with Gasteiger partial charge in [-0.15, -0.1) is 0 Å². The van der Waals surface area contributed by atoms with Crippen molar-refractivity contribution >= 4 is 18.0 Å². The predicted octanol–water partition coefficient (Wildman–Crippen LogP) is 3.83. The number of alkyl halides is 3. The highest BCUT2D eigenvalue weighted by atomic mass is 19.4. The molecule has 0 saturated carbocycles. The Morgan fingerprint density at radius 3 is 2.06 bits per heavy atom. The van der Waals surface area contributed by atoms with Crippen LogP contribution in [0.2, 0.25) is 0 Å². The van der Waals surface area contributed by atoms with E-state index in [1.165, 1.54) is 6.92 Å². The van der Waals surface area contributed by atoms with E-state index < -0.39 is 36.2 Å². The summed E-state index contributed by atoms with van der Waals surface area (Å²) in [5.74, 6) is -2.98. The fraction of sp³-hybridized carbons (Fsp3) is 0.348. The van der Waals surface area contributed by atoms with Crippen LogP contribution in [0.3, 0.4) is 0 Å².